The predicted octanol–water partition coefficient (Wildman–Crippen LogP) is 1.62. The van der Waals surface area contributed by atoms with Crippen molar-refractivity contribution in [3.8, 4) is 0 Å². The fraction of sp³-hybridized carbons (Fsp3) is 0.357. The van der Waals surface area contributed by atoms with Gasteiger partial charge < -0.3 is 5.32 Å². The molecule has 0 saturated heterocycles. The molecule has 1 aliphatic rings. The van der Waals surface area contributed by atoms with Crippen LogP contribution in [0, 0.1) is 0 Å². The van der Waals surface area contributed by atoms with Gasteiger partial charge in [0.2, 0.25) is 0 Å². The van der Waals surface area contributed by atoms with Crippen molar-refractivity contribution < 1.29 is 0 Å². The van der Waals surface area contributed by atoms with Crippen molar-refractivity contribution in [1.29, 1.82) is 0 Å². The molecule has 17 heavy (non-hydrogen) atoms. The molecule has 88 valence electrons. The molecule has 0 saturated carbocycles. The van der Waals surface area contributed by atoms with Crippen molar-refractivity contribution in [2.75, 3.05) is 13.1 Å². The van der Waals surface area contributed by atoms with E-state index in [1.807, 2.05) is 6.20 Å². The maximum atomic E-state index is 4.52. The van der Waals surface area contributed by atoms with Gasteiger partial charge in [-0.3, -0.25) is 4.68 Å². The lowest BCUT2D eigenvalue weighted by Crippen LogP contribution is -2.17. The Kier molecular flexibility index (Phi) is 2.92. The average Bonchev–Trinajstić information content (AvgIpc) is 2.61. The van der Waals surface area contributed by atoms with Crippen molar-refractivity contribution >= 4 is 0 Å². The van der Waals surface area contributed by atoms with Gasteiger partial charge in [0.15, 0.2) is 0 Å². The Morgan fingerprint density at radius 1 is 1.12 bits per heavy atom. The number of hydrogen-bond donors (Lipinski definition) is 1. The maximum Gasteiger partial charge on any atom is 0.0662 e. The van der Waals surface area contributed by atoms with Crippen molar-refractivity contribution in [2.24, 2.45) is 0 Å². The van der Waals surface area contributed by atoms with E-state index in [1.165, 1.54) is 16.8 Å². The summed E-state index contributed by atoms with van der Waals surface area (Å²) in [5, 5.41) is 7.95. The van der Waals surface area contributed by atoms with Crippen LogP contribution in [0.5, 0.6) is 0 Å². The van der Waals surface area contributed by atoms with Crippen LogP contribution in [0.4, 0.5) is 0 Å². The molecule has 0 bridgehead atoms. The number of nitrogens with one attached hydrogen (secondary N) is 1. The van der Waals surface area contributed by atoms with E-state index in [0.717, 1.165) is 32.5 Å². The van der Waals surface area contributed by atoms with Crippen LogP contribution in [0.25, 0.3) is 0 Å². The highest BCUT2D eigenvalue weighted by atomic mass is 15.3. The summed E-state index contributed by atoms with van der Waals surface area (Å²) in [4.78, 5) is 0. The van der Waals surface area contributed by atoms with Gasteiger partial charge in [0.05, 0.1) is 12.7 Å². The van der Waals surface area contributed by atoms with E-state index >= 15 is 0 Å². The molecule has 0 aliphatic carbocycles. The van der Waals surface area contributed by atoms with Gasteiger partial charge in [0.25, 0.3) is 0 Å². The SMILES string of the molecule is c1ccc(Cn2ncc3c2CCNCC3)cc1. The van der Waals surface area contributed by atoms with E-state index in [9.17, 15) is 0 Å². The van der Waals surface area contributed by atoms with E-state index in [2.05, 4.69) is 45.4 Å². The zero-order chi connectivity index (χ0) is 11.5. The number of hydrogen-bond acceptors (Lipinski definition) is 2. The zero-order valence-electron chi connectivity index (χ0n) is 9.89. The van der Waals surface area contributed by atoms with Crippen LogP contribution in [-0.4, -0.2) is 22.9 Å². The summed E-state index contributed by atoms with van der Waals surface area (Å²) >= 11 is 0. The summed E-state index contributed by atoms with van der Waals surface area (Å²) < 4.78 is 2.15. The number of aromatic nitrogens is 2. The third-order valence-electron chi connectivity index (χ3n) is 3.32. The second-order valence-electron chi connectivity index (χ2n) is 4.51. The Labute approximate surface area is 101 Å². The van der Waals surface area contributed by atoms with Crippen LogP contribution in [0.2, 0.25) is 0 Å². The molecule has 0 atom stereocenters. The minimum absolute atomic E-state index is 0.885. The van der Waals surface area contributed by atoms with Gasteiger partial charge in [-0.15, -0.1) is 0 Å². The first-order valence-electron chi connectivity index (χ1n) is 6.22. The van der Waals surface area contributed by atoms with Gasteiger partial charge in [0, 0.05) is 18.7 Å². The molecule has 0 radical (unpaired) electrons. The van der Waals surface area contributed by atoms with Crippen molar-refractivity contribution in [1.82, 2.24) is 15.1 Å². The van der Waals surface area contributed by atoms with Crippen molar-refractivity contribution in [2.45, 2.75) is 19.4 Å². The average molecular weight is 227 g/mol. The largest absolute Gasteiger partial charge is 0.316 e. The topological polar surface area (TPSA) is 29.9 Å². The Morgan fingerprint density at radius 2 is 1.94 bits per heavy atom. The third kappa shape index (κ3) is 2.24. The molecule has 3 rings (SSSR count). The normalized spacial score (nSPS) is 15.3. The molecular weight excluding hydrogens is 210 g/mol. The zero-order valence-corrected chi connectivity index (χ0v) is 9.89. The van der Waals surface area contributed by atoms with Crippen LogP contribution in [0.1, 0.15) is 16.8 Å². The van der Waals surface area contributed by atoms with E-state index in [4.69, 9.17) is 0 Å². The van der Waals surface area contributed by atoms with E-state index < -0.39 is 0 Å². The van der Waals surface area contributed by atoms with Gasteiger partial charge in [-0.05, 0) is 24.1 Å². The summed E-state index contributed by atoms with van der Waals surface area (Å²) in [5.41, 5.74) is 4.13. The first kappa shape index (κ1) is 10.5. The van der Waals surface area contributed by atoms with Gasteiger partial charge >= 0.3 is 0 Å². The molecule has 1 aromatic heterocycles. The van der Waals surface area contributed by atoms with Crippen molar-refractivity contribution in [3.05, 3.63) is 53.3 Å². The molecule has 2 heterocycles. The Hall–Kier alpha value is -1.61. The van der Waals surface area contributed by atoms with Gasteiger partial charge in [0.1, 0.15) is 0 Å². The molecule has 3 nitrogen and oxygen atoms in total. The minimum atomic E-state index is 0.885. The fourth-order valence-corrected chi connectivity index (χ4v) is 2.40. The van der Waals surface area contributed by atoms with E-state index in [-0.39, 0.29) is 0 Å². The molecule has 0 unspecified atom stereocenters. The number of benzene rings is 1. The quantitative estimate of drug-likeness (QED) is 0.845. The summed E-state index contributed by atoms with van der Waals surface area (Å²) in [6.07, 6.45) is 4.22. The van der Waals surface area contributed by atoms with Crippen LogP contribution >= 0.6 is 0 Å². The molecule has 3 heteroatoms. The highest BCUT2D eigenvalue weighted by Gasteiger charge is 2.13. The maximum absolute atomic E-state index is 4.52. The van der Waals surface area contributed by atoms with Crippen LogP contribution in [0.15, 0.2) is 36.5 Å². The van der Waals surface area contributed by atoms with Crippen LogP contribution < -0.4 is 5.32 Å². The van der Waals surface area contributed by atoms with Gasteiger partial charge in [-0.1, -0.05) is 30.3 Å². The molecule has 0 amide bonds. The first-order valence-corrected chi connectivity index (χ1v) is 6.22. The molecule has 1 aliphatic heterocycles. The number of rotatable bonds is 2. The number of nitrogens with zero attached hydrogens (tertiary/aromatic N) is 2. The summed E-state index contributed by atoms with van der Waals surface area (Å²) in [6.45, 7) is 3.02. The Balaban J connectivity index is 1.86. The predicted molar refractivity (Wildman–Crippen MR) is 68.0 cm³/mol. The molecule has 2 aromatic rings. The van der Waals surface area contributed by atoms with Crippen molar-refractivity contribution in [3.63, 3.8) is 0 Å². The standard InChI is InChI=1S/C14H17N3/c1-2-4-12(5-3-1)11-17-14-7-9-15-8-6-13(14)10-16-17/h1-5,10,15H,6-9,11H2. The highest BCUT2D eigenvalue weighted by Crippen LogP contribution is 2.14. The summed E-state index contributed by atoms with van der Waals surface area (Å²) in [6, 6.07) is 10.5. The third-order valence-corrected chi connectivity index (χ3v) is 3.32. The molecule has 1 aromatic carbocycles. The number of fused-ring (bicyclic) bond motifs is 1. The molecular formula is C14H17N3. The Bertz CT molecular complexity index is 487. The van der Waals surface area contributed by atoms with Crippen LogP contribution in [0.3, 0.4) is 0 Å². The summed E-state index contributed by atoms with van der Waals surface area (Å²) in [5.74, 6) is 0. The second kappa shape index (κ2) is 4.72. The molecule has 0 fully saturated rings. The van der Waals surface area contributed by atoms with Gasteiger partial charge in [-0.25, -0.2) is 0 Å². The second-order valence-corrected chi connectivity index (χ2v) is 4.51. The van der Waals surface area contributed by atoms with E-state index in [0.29, 0.717) is 0 Å². The lowest BCUT2D eigenvalue weighted by Gasteiger charge is -2.07. The lowest BCUT2D eigenvalue weighted by atomic mass is 10.1. The van der Waals surface area contributed by atoms with Gasteiger partial charge in [-0.2, -0.15) is 5.10 Å². The minimum Gasteiger partial charge on any atom is -0.316 e. The fourth-order valence-electron chi connectivity index (χ4n) is 2.40. The Morgan fingerprint density at radius 3 is 2.82 bits per heavy atom. The molecule has 0 spiro atoms. The van der Waals surface area contributed by atoms with Crippen LogP contribution in [-0.2, 0) is 19.4 Å². The molecule has 1 N–H and O–H groups in total. The first-order chi connectivity index (χ1) is 8.43. The monoisotopic (exact) mass is 227 g/mol. The van der Waals surface area contributed by atoms with E-state index in [1.54, 1.807) is 0 Å². The lowest BCUT2D eigenvalue weighted by molar-refractivity contribution is 0.627. The highest BCUT2D eigenvalue weighted by molar-refractivity contribution is 5.22. The smallest absolute Gasteiger partial charge is 0.0662 e. The summed E-state index contributed by atoms with van der Waals surface area (Å²) in [7, 11) is 0.